The summed E-state index contributed by atoms with van der Waals surface area (Å²) in [7, 11) is -7.94. The van der Waals surface area contributed by atoms with Crippen LogP contribution in [0.3, 0.4) is 0 Å². The van der Waals surface area contributed by atoms with Crippen molar-refractivity contribution in [3.63, 3.8) is 0 Å². The summed E-state index contributed by atoms with van der Waals surface area (Å²) in [5.74, 6) is -1.72. The number of rotatable bonds is 16. The van der Waals surface area contributed by atoms with Gasteiger partial charge in [-0.2, -0.15) is 16.8 Å². The van der Waals surface area contributed by atoms with Crippen LogP contribution in [0.2, 0.25) is 0 Å². The van der Waals surface area contributed by atoms with Gasteiger partial charge in [0.2, 0.25) is 0 Å². The van der Waals surface area contributed by atoms with Crippen LogP contribution in [0.4, 0.5) is 0 Å². The van der Waals surface area contributed by atoms with Crippen LogP contribution in [0.1, 0.15) is 101 Å². The van der Waals surface area contributed by atoms with Gasteiger partial charge < -0.3 is 9.47 Å². The van der Waals surface area contributed by atoms with Crippen LogP contribution in [0.15, 0.2) is 0 Å². The van der Waals surface area contributed by atoms with Gasteiger partial charge in [-0.15, -0.1) is 0 Å². The predicted octanol–water partition coefficient (Wildman–Crippen LogP) is 4.37. The summed E-state index contributed by atoms with van der Waals surface area (Å²) in [4.78, 5) is 23.8. The SMILES string of the molecule is CC(C)(CCC(=O)OC(C)(C)C)COS(=O)(=O)CCCS(=O)(=O)OCC(C)(C)CCC(=O)OC(C)(C)C. The molecular formula is C25H48O10S2. The number of esters is 2. The standard InChI is InChI=1S/C25H48O10S2/c1-22(2,3)34-20(26)12-14-24(7,8)18-32-36(28,29)16-11-17-37(30,31)33-19-25(9,10)15-13-21(27)35-23(4,5)6/h11-19H2,1-10H3. The maximum atomic E-state index is 12.3. The summed E-state index contributed by atoms with van der Waals surface area (Å²) in [5.41, 5.74) is -2.41. The smallest absolute Gasteiger partial charge is 0.306 e. The number of carbonyl (C=O) groups is 2. The minimum Gasteiger partial charge on any atom is -0.460 e. The first-order chi connectivity index (χ1) is 16.3. The van der Waals surface area contributed by atoms with Crippen molar-refractivity contribution in [1.82, 2.24) is 0 Å². The first-order valence-corrected chi connectivity index (χ1v) is 15.7. The lowest BCUT2D eigenvalue weighted by molar-refractivity contribution is -0.156. The molecule has 0 unspecified atom stereocenters. The Balaban J connectivity index is 4.52. The second kappa shape index (κ2) is 13.7. The van der Waals surface area contributed by atoms with Gasteiger partial charge in [0.05, 0.1) is 24.7 Å². The molecule has 0 spiro atoms. The van der Waals surface area contributed by atoms with Crippen LogP contribution in [-0.2, 0) is 47.7 Å². The van der Waals surface area contributed by atoms with Crippen molar-refractivity contribution < 1.29 is 44.3 Å². The molecule has 10 nitrogen and oxygen atoms in total. The average molecular weight is 573 g/mol. The van der Waals surface area contributed by atoms with E-state index in [-0.39, 0.29) is 44.4 Å². The average Bonchev–Trinajstić information content (AvgIpc) is 2.66. The van der Waals surface area contributed by atoms with Crippen molar-refractivity contribution in [2.24, 2.45) is 10.8 Å². The van der Waals surface area contributed by atoms with Crippen molar-refractivity contribution in [2.45, 2.75) is 113 Å². The highest BCUT2D eigenvalue weighted by molar-refractivity contribution is 7.87. The van der Waals surface area contributed by atoms with E-state index in [1.165, 1.54) is 0 Å². The molecule has 0 N–H and O–H groups in total. The fraction of sp³-hybridized carbons (Fsp3) is 0.920. The highest BCUT2D eigenvalue weighted by Gasteiger charge is 2.27. The zero-order chi connectivity index (χ0) is 29.3. The fourth-order valence-corrected chi connectivity index (χ4v) is 5.25. The van der Waals surface area contributed by atoms with Crippen LogP contribution in [0.25, 0.3) is 0 Å². The molecular weight excluding hydrogens is 524 g/mol. The Labute approximate surface area is 224 Å². The first-order valence-electron chi connectivity index (χ1n) is 12.5. The summed E-state index contributed by atoms with van der Waals surface area (Å²) in [6, 6.07) is 0. The monoisotopic (exact) mass is 572 g/mol. The third-order valence-corrected chi connectivity index (χ3v) is 7.43. The van der Waals surface area contributed by atoms with Gasteiger partial charge >= 0.3 is 11.9 Å². The fourth-order valence-electron chi connectivity index (χ4n) is 2.84. The van der Waals surface area contributed by atoms with Crippen molar-refractivity contribution >= 4 is 32.2 Å². The molecule has 0 amide bonds. The van der Waals surface area contributed by atoms with Crippen LogP contribution in [-0.4, -0.2) is 64.7 Å². The van der Waals surface area contributed by atoms with E-state index in [9.17, 15) is 26.4 Å². The molecule has 0 radical (unpaired) electrons. The Bertz CT molecular complexity index is 872. The van der Waals surface area contributed by atoms with E-state index in [1.54, 1.807) is 69.2 Å². The van der Waals surface area contributed by atoms with Gasteiger partial charge in [0.25, 0.3) is 20.2 Å². The maximum Gasteiger partial charge on any atom is 0.306 e. The van der Waals surface area contributed by atoms with E-state index < -0.39 is 53.8 Å². The summed E-state index contributed by atoms with van der Waals surface area (Å²) in [6.45, 7) is 17.4. The normalized spacial score (nSPS) is 13.9. The minimum absolute atomic E-state index is 0.122. The molecule has 0 aliphatic carbocycles. The van der Waals surface area contributed by atoms with Gasteiger partial charge in [0.15, 0.2) is 0 Å². The van der Waals surface area contributed by atoms with Crippen LogP contribution < -0.4 is 0 Å². The molecule has 0 aromatic carbocycles. The zero-order valence-electron chi connectivity index (χ0n) is 24.3. The van der Waals surface area contributed by atoms with Gasteiger partial charge in [0.1, 0.15) is 11.2 Å². The Morgan fingerprint density at radius 2 is 0.865 bits per heavy atom. The Morgan fingerprint density at radius 1 is 0.568 bits per heavy atom. The maximum absolute atomic E-state index is 12.3. The second-order valence-corrected chi connectivity index (χ2v) is 16.4. The van der Waals surface area contributed by atoms with Crippen molar-refractivity contribution in [3.05, 3.63) is 0 Å². The van der Waals surface area contributed by atoms with Gasteiger partial charge in [-0.3, -0.25) is 18.0 Å². The van der Waals surface area contributed by atoms with Crippen LogP contribution >= 0.6 is 0 Å². The topological polar surface area (TPSA) is 139 Å². The lowest BCUT2D eigenvalue weighted by atomic mass is 9.89. The molecule has 0 aromatic rings. The Hall–Kier alpha value is -1.24. The van der Waals surface area contributed by atoms with E-state index in [4.69, 9.17) is 17.8 Å². The van der Waals surface area contributed by atoms with Crippen LogP contribution in [0.5, 0.6) is 0 Å². The van der Waals surface area contributed by atoms with Gasteiger partial charge in [-0.1, -0.05) is 27.7 Å². The molecule has 220 valence electrons. The number of hydrogen-bond acceptors (Lipinski definition) is 10. The molecule has 0 aliphatic heterocycles. The quantitative estimate of drug-likeness (QED) is 0.193. The Morgan fingerprint density at radius 3 is 1.14 bits per heavy atom. The van der Waals surface area contributed by atoms with Crippen molar-refractivity contribution in [2.75, 3.05) is 24.7 Å². The molecule has 37 heavy (non-hydrogen) atoms. The molecule has 0 heterocycles. The van der Waals surface area contributed by atoms with Gasteiger partial charge in [0, 0.05) is 12.8 Å². The molecule has 0 aromatic heterocycles. The number of carbonyl (C=O) groups excluding carboxylic acids is 2. The lowest BCUT2D eigenvalue weighted by Crippen LogP contribution is -2.28. The number of ether oxygens (including phenoxy) is 2. The molecule has 0 saturated heterocycles. The van der Waals surface area contributed by atoms with Crippen molar-refractivity contribution in [3.8, 4) is 0 Å². The van der Waals surface area contributed by atoms with Crippen molar-refractivity contribution in [1.29, 1.82) is 0 Å². The van der Waals surface area contributed by atoms with Gasteiger partial charge in [-0.25, -0.2) is 0 Å². The number of hydrogen-bond donors (Lipinski definition) is 0. The summed E-state index contributed by atoms with van der Waals surface area (Å²) < 4.78 is 69.7. The summed E-state index contributed by atoms with van der Waals surface area (Å²) >= 11 is 0. The zero-order valence-corrected chi connectivity index (χ0v) is 25.9. The third kappa shape index (κ3) is 20.4. The van der Waals surface area contributed by atoms with E-state index in [1.807, 2.05) is 0 Å². The summed E-state index contributed by atoms with van der Waals surface area (Å²) in [6.07, 6.45) is 0.781. The highest BCUT2D eigenvalue weighted by atomic mass is 32.2. The molecule has 0 fully saturated rings. The molecule has 0 aliphatic rings. The molecule has 0 rings (SSSR count). The molecule has 0 saturated carbocycles. The third-order valence-electron chi connectivity index (χ3n) is 4.90. The summed E-state index contributed by atoms with van der Waals surface area (Å²) in [5, 5.41) is 0. The Kier molecular flexibility index (Phi) is 13.2. The molecule has 12 heteroatoms. The van der Waals surface area contributed by atoms with E-state index in [0.29, 0.717) is 12.8 Å². The molecule has 0 atom stereocenters. The van der Waals surface area contributed by atoms with E-state index in [2.05, 4.69) is 0 Å². The first kappa shape index (κ1) is 35.8. The predicted molar refractivity (Wildman–Crippen MR) is 142 cm³/mol. The minimum atomic E-state index is -3.97. The van der Waals surface area contributed by atoms with E-state index in [0.717, 1.165) is 0 Å². The van der Waals surface area contributed by atoms with Gasteiger partial charge in [-0.05, 0) is 71.6 Å². The van der Waals surface area contributed by atoms with Crippen LogP contribution in [0, 0.1) is 10.8 Å². The largest absolute Gasteiger partial charge is 0.460 e. The lowest BCUT2D eigenvalue weighted by Gasteiger charge is -2.25. The molecule has 0 bridgehead atoms. The second-order valence-electron chi connectivity index (χ2n) is 12.9. The highest BCUT2D eigenvalue weighted by Crippen LogP contribution is 2.26. The van der Waals surface area contributed by atoms with E-state index >= 15 is 0 Å².